The zero-order valence-electron chi connectivity index (χ0n) is 9.25. The highest BCUT2D eigenvalue weighted by Crippen LogP contribution is 2.16. The third kappa shape index (κ3) is 3.76. The van der Waals surface area contributed by atoms with Gasteiger partial charge < -0.3 is 20.3 Å². The van der Waals surface area contributed by atoms with Crippen molar-refractivity contribution in [2.45, 2.75) is 6.04 Å². The molecule has 1 atom stereocenters. The highest BCUT2D eigenvalue weighted by atomic mass is 16.6. The largest absolute Gasteiger partial charge is 0.482 e. The number of benzene rings is 1. The fourth-order valence-electron chi connectivity index (χ4n) is 1.12. The minimum absolute atomic E-state index is 0.194. The van der Waals surface area contributed by atoms with Crippen molar-refractivity contribution in [1.29, 1.82) is 0 Å². The summed E-state index contributed by atoms with van der Waals surface area (Å²) in [7, 11) is 1.26. The first-order valence-corrected chi connectivity index (χ1v) is 4.82. The summed E-state index contributed by atoms with van der Waals surface area (Å²) in [4.78, 5) is 21.4. The van der Waals surface area contributed by atoms with Crippen molar-refractivity contribution in [3.05, 3.63) is 29.8 Å². The van der Waals surface area contributed by atoms with Crippen molar-refractivity contribution in [1.82, 2.24) is 0 Å². The molecule has 0 aromatic heterocycles. The molecule has 0 bridgehead atoms. The standard InChI is InChI=1S/C11H13NO5/c1-16-9(13)6-17-8-4-2-7(3-5-8)10(12)11(14)15/h2-5,10H,6,12H2,1H3,(H,14,15). The van der Waals surface area contributed by atoms with Gasteiger partial charge in [-0.2, -0.15) is 0 Å². The monoisotopic (exact) mass is 239 g/mol. The number of methoxy groups -OCH3 is 1. The summed E-state index contributed by atoms with van der Waals surface area (Å²) in [6.07, 6.45) is 0. The quantitative estimate of drug-likeness (QED) is 0.718. The van der Waals surface area contributed by atoms with E-state index in [4.69, 9.17) is 15.6 Å². The average Bonchev–Trinajstić information content (AvgIpc) is 2.35. The summed E-state index contributed by atoms with van der Waals surface area (Å²) in [6, 6.07) is 5.09. The molecule has 0 aliphatic carbocycles. The smallest absolute Gasteiger partial charge is 0.343 e. The SMILES string of the molecule is COC(=O)COc1ccc(C(N)C(=O)O)cc1. The van der Waals surface area contributed by atoms with E-state index in [9.17, 15) is 9.59 Å². The van der Waals surface area contributed by atoms with E-state index in [-0.39, 0.29) is 6.61 Å². The van der Waals surface area contributed by atoms with Crippen molar-refractivity contribution >= 4 is 11.9 Å². The van der Waals surface area contributed by atoms with Crippen molar-refractivity contribution in [3.63, 3.8) is 0 Å². The molecular weight excluding hydrogens is 226 g/mol. The predicted octanol–water partition coefficient (Wildman–Crippen LogP) is 0.323. The first kappa shape index (κ1) is 13.0. The van der Waals surface area contributed by atoms with Crippen LogP contribution in [-0.4, -0.2) is 30.8 Å². The van der Waals surface area contributed by atoms with Crippen LogP contribution in [0.2, 0.25) is 0 Å². The molecule has 1 rings (SSSR count). The number of rotatable bonds is 5. The Bertz CT molecular complexity index is 401. The van der Waals surface area contributed by atoms with Gasteiger partial charge >= 0.3 is 11.9 Å². The van der Waals surface area contributed by atoms with Gasteiger partial charge in [0.15, 0.2) is 6.61 Å². The first-order chi connectivity index (χ1) is 8.04. The fraction of sp³-hybridized carbons (Fsp3) is 0.273. The molecule has 0 amide bonds. The molecule has 0 heterocycles. The lowest BCUT2D eigenvalue weighted by atomic mass is 10.1. The van der Waals surface area contributed by atoms with E-state index in [1.54, 1.807) is 12.1 Å². The van der Waals surface area contributed by atoms with Crippen LogP contribution in [0.15, 0.2) is 24.3 Å². The van der Waals surface area contributed by atoms with Crippen LogP contribution < -0.4 is 10.5 Å². The van der Waals surface area contributed by atoms with E-state index in [0.717, 1.165) is 0 Å². The van der Waals surface area contributed by atoms with Crippen LogP contribution in [-0.2, 0) is 14.3 Å². The van der Waals surface area contributed by atoms with Gasteiger partial charge in [-0.05, 0) is 17.7 Å². The molecule has 1 aromatic rings. The Morgan fingerprint density at radius 3 is 2.41 bits per heavy atom. The third-order valence-electron chi connectivity index (χ3n) is 2.09. The van der Waals surface area contributed by atoms with Crippen LogP contribution in [0.4, 0.5) is 0 Å². The molecule has 6 heteroatoms. The summed E-state index contributed by atoms with van der Waals surface area (Å²) in [5.41, 5.74) is 5.88. The second-order valence-electron chi connectivity index (χ2n) is 3.25. The van der Waals surface area contributed by atoms with Crippen LogP contribution in [0.3, 0.4) is 0 Å². The molecule has 1 aromatic carbocycles. The van der Waals surface area contributed by atoms with Gasteiger partial charge in [0, 0.05) is 0 Å². The van der Waals surface area contributed by atoms with Gasteiger partial charge in [-0.1, -0.05) is 12.1 Å². The highest BCUT2D eigenvalue weighted by molar-refractivity contribution is 5.75. The molecule has 0 spiro atoms. The van der Waals surface area contributed by atoms with Gasteiger partial charge in [-0.15, -0.1) is 0 Å². The highest BCUT2D eigenvalue weighted by Gasteiger charge is 2.13. The lowest BCUT2D eigenvalue weighted by molar-refractivity contribution is -0.143. The van der Waals surface area contributed by atoms with E-state index < -0.39 is 18.0 Å². The van der Waals surface area contributed by atoms with E-state index >= 15 is 0 Å². The Morgan fingerprint density at radius 2 is 1.94 bits per heavy atom. The van der Waals surface area contributed by atoms with Crippen molar-refractivity contribution in [3.8, 4) is 5.75 Å². The lowest BCUT2D eigenvalue weighted by Crippen LogP contribution is -2.20. The van der Waals surface area contributed by atoms with Crippen molar-refractivity contribution in [2.75, 3.05) is 13.7 Å². The Labute approximate surface area is 97.9 Å². The number of carboxylic acid groups (broad SMARTS) is 1. The lowest BCUT2D eigenvalue weighted by Gasteiger charge is -2.08. The zero-order chi connectivity index (χ0) is 12.8. The van der Waals surface area contributed by atoms with Crippen molar-refractivity contribution < 1.29 is 24.2 Å². The second kappa shape index (κ2) is 5.86. The van der Waals surface area contributed by atoms with Gasteiger partial charge in [0.25, 0.3) is 0 Å². The van der Waals surface area contributed by atoms with Crippen LogP contribution in [0.5, 0.6) is 5.75 Å². The molecule has 0 fully saturated rings. The van der Waals surface area contributed by atoms with Crippen LogP contribution in [0.1, 0.15) is 11.6 Å². The topological polar surface area (TPSA) is 98.9 Å². The molecule has 0 aliphatic rings. The molecule has 0 aliphatic heterocycles. The number of aliphatic carboxylic acids is 1. The van der Waals surface area contributed by atoms with Crippen LogP contribution in [0, 0.1) is 0 Å². The predicted molar refractivity (Wildman–Crippen MR) is 58.5 cm³/mol. The molecule has 0 radical (unpaired) electrons. The van der Waals surface area contributed by atoms with Crippen LogP contribution >= 0.6 is 0 Å². The third-order valence-corrected chi connectivity index (χ3v) is 2.09. The number of hydrogen-bond donors (Lipinski definition) is 2. The minimum Gasteiger partial charge on any atom is -0.482 e. The van der Waals surface area contributed by atoms with Gasteiger partial charge in [-0.3, -0.25) is 4.79 Å². The molecule has 1 unspecified atom stereocenters. The number of esters is 1. The molecular formula is C11H13NO5. The maximum Gasteiger partial charge on any atom is 0.343 e. The average molecular weight is 239 g/mol. The maximum atomic E-state index is 10.8. The Balaban J connectivity index is 2.62. The molecule has 6 nitrogen and oxygen atoms in total. The van der Waals surface area contributed by atoms with Gasteiger partial charge in [0.2, 0.25) is 0 Å². The minimum atomic E-state index is -1.10. The number of hydrogen-bond acceptors (Lipinski definition) is 5. The normalized spacial score (nSPS) is 11.6. The summed E-state index contributed by atoms with van der Waals surface area (Å²) >= 11 is 0. The van der Waals surface area contributed by atoms with Gasteiger partial charge in [-0.25, -0.2) is 4.79 Å². The van der Waals surface area contributed by atoms with Crippen molar-refractivity contribution in [2.24, 2.45) is 5.73 Å². The number of carbonyl (C=O) groups is 2. The van der Waals surface area contributed by atoms with Gasteiger partial charge in [0.05, 0.1) is 7.11 Å². The van der Waals surface area contributed by atoms with E-state index in [2.05, 4.69) is 4.74 Å². The Morgan fingerprint density at radius 1 is 1.35 bits per heavy atom. The van der Waals surface area contributed by atoms with Crippen LogP contribution in [0.25, 0.3) is 0 Å². The fourth-order valence-corrected chi connectivity index (χ4v) is 1.12. The number of carbonyl (C=O) groups excluding carboxylic acids is 1. The molecule has 0 saturated heterocycles. The number of ether oxygens (including phenoxy) is 2. The Hall–Kier alpha value is -2.08. The van der Waals surface area contributed by atoms with E-state index in [0.29, 0.717) is 11.3 Å². The molecule has 0 saturated carbocycles. The molecule has 17 heavy (non-hydrogen) atoms. The number of carboxylic acids is 1. The maximum absolute atomic E-state index is 10.8. The number of nitrogens with two attached hydrogens (primary N) is 1. The zero-order valence-corrected chi connectivity index (χ0v) is 9.25. The second-order valence-corrected chi connectivity index (χ2v) is 3.25. The van der Waals surface area contributed by atoms with Gasteiger partial charge in [0.1, 0.15) is 11.8 Å². The van der Waals surface area contributed by atoms with E-state index in [1.807, 2.05) is 0 Å². The van der Waals surface area contributed by atoms with E-state index in [1.165, 1.54) is 19.2 Å². The summed E-state index contributed by atoms with van der Waals surface area (Å²) in [5.74, 6) is -1.15. The first-order valence-electron chi connectivity index (χ1n) is 4.82. The summed E-state index contributed by atoms with van der Waals surface area (Å²) < 4.78 is 9.49. The summed E-state index contributed by atoms with van der Waals surface area (Å²) in [6.45, 7) is -0.194. The Kier molecular flexibility index (Phi) is 4.47. The molecule has 3 N–H and O–H groups in total. The summed E-state index contributed by atoms with van der Waals surface area (Å²) in [5, 5.41) is 8.70. The molecule has 92 valence electrons.